The summed E-state index contributed by atoms with van der Waals surface area (Å²) in [5.41, 5.74) is 1.27. The summed E-state index contributed by atoms with van der Waals surface area (Å²) < 4.78 is 32.6. The minimum atomic E-state index is -3.77. The molecule has 0 radical (unpaired) electrons. The van der Waals surface area contributed by atoms with E-state index < -0.39 is 10.0 Å². The van der Waals surface area contributed by atoms with E-state index in [0.29, 0.717) is 16.5 Å². The number of aryl methyl sites for hydroxylation is 1. The first kappa shape index (κ1) is 20.6. The molecule has 0 aliphatic carbocycles. The lowest BCUT2D eigenvalue weighted by Gasteiger charge is -2.11. The van der Waals surface area contributed by atoms with Crippen molar-refractivity contribution in [1.82, 2.24) is 4.98 Å². The Hall–Kier alpha value is -3.10. The summed E-state index contributed by atoms with van der Waals surface area (Å²) in [6.07, 6.45) is 1.49. The van der Waals surface area contributed by atoms with Crippen LogP contribution in [0.15, 0.2) is 71.8 Å². The first-order valence-corrected chi connectivity index (χ1v) is 10.4. The van der Waals surface area contributed by atoms with Gasteiger partial charge < -0.3 is 10.1 Å². The van der Waals surface area contributed by atoms with Crippen molar-refractivity contribution < 1.29 is 17.9 Å². The van der Waals surface area contributed by atoms with E-state index in [1.165, 1.54) is 30.5 Å². The summed E-state index contributed by atoms with van der Waals surface area (Å²) in [5.74, 6) is 0.410. The van der Waals surface area contributed by atoms with Crippen LogP contribution in [0.5, 0.6) is 5.75 Å². The molecule has 0 aliphatic rings. The summed E-state index contributed by atoms with van der Waals surface area (Å²) in [6, 6.07) is 15.8. The van der Waals surface area contributed by atoms with Gasteiger partial charge in [-0.25, -0.2) is 13.4 Å². The van der Waals surface area contributed by atoms with Crippen LogP contribution in [0.4, 0.5) is 11.5 Å². The monoisotopic (exact) mass is 431 g/mol. The highest BCUT2D eigenvalue weighted by Crippen LogP contribution is 2.22. The molecule has 0 saturated heterocycles. The third-order valence-electron chi connectivity index (χ3n) is 3.85. The molecule has 1 aromatic heterocycles. The molecule has 0 spiro atoms. The molecule has 1 amide bonds. The number of nitrogens with zero attached hydrogens (tertiary/aromatic N) is 1. The highest BCUT2D eigenvalue weighted by atomic mass is 35.5. The predicted molar refractivity (Wildman–Crippen MR) is 112 cm³/mol. The van der Waals surface area contributed by atoms with Gasteiger partial charge in [-0.1, -0.05) is 17.7 Å². The van der Waals surface area contributed by atoms with E-state index in [-0.39, 0.29) is 23.2 Å². The number of pyridine rings is 1. The van der Waals surface area contributed by atoms with Gasteiger partial charge in [0.2, 0.25) is 0 Å². The number of carbonyl (C=O) groups is 1. The van der Waals surface area contributed by atoms with Gasteiger partial charge in [-0.15, -0.1) is 0 Å². The largest absolute Gasteiger partial charge is 0.483 e. The van der Waals surface area contributed by atoms with E-state index in [9.17, 15) is 13.2 Å². The quantitative estimate of drug-likeness (QED) is 0.592. The Bertz CT molecular complexity index is 1100. The summed E-state index contributed by atoms with van der Waals surface area (Å²) in [4.78, 5) is 16.1. The van der Waals surface area contributed by atoms with Crippen LogP contribution in [0, 0.1) is 6.92 Å². The molecule has 3 aromatic rings. The van der Waals surface area contributed by atoms with E-state index in [1.54, 1.807) is 36.4 Å². The van der Waals surface area contributed by atoms with Gasteiger partial charge in [0.05, 0.1) is 4.90 Å². The number of amides is 1. The van der Waals surface area contributed by atoms with Crippen LogP contribution in [0.25, 0.3) is 0 Å². The highest BCUT2D eigenvalue weighted by molar-refractivity contribution is 7.92. The maximum atomic E-state index is 12.4. The molecule has 2 aromatic carbocycles. The molecule has 2 N–H and O–H groups in total. The smallest absolute Gasteiger partial charge is 0.263 e. The molecule has 150 valence electrons. The Kier molecular flexibility index (Phi) is 6.36. The van der Waals surface area contributed by atoms with E-state index in [4.69, 9.17) is 16.3 Å². The van der Waals surface area contributed by atoms with Crippen molar-refractivity contribution in [3.63, 3.8) is 0 Å². The van der Waals surface area contributed by atoms with Crippen molar-refractivity contribution in [3.05, 3.63) is 77.4 Å². The second-order valence-electron chi connectivity index (χ2n) is 6.09. The van der Waals surface area contributed by atoms with E-state index >= 15 is 0 Å². The van der Waals surface area contributed by atoms with Crippen LogP contribution >= 0.6 is 11.6 Å². The molecule has 0 atom stereocenters. The van der Waals surface area contributed by atoms with Gasteiger partial charge in [0.1, 0.15) is 11.6 Å². The average molecular weight is 432 g/mol. The van der Waals surface area contributed by atoms with Crippen molar-refractivity contribution in [2.45, 2.75) is 11.8 Å². The second-order valence-corrected chi connectivity index (χ2v) is 8.21. The molecule has 0 unspecified atom stereocenters. The molecule has 0 fully saturated rings. The van der Waals surface area contributed by atoms with Gasteiger partial charge in [-0.2, -0.15) is 0 Å². The van der Waals surface area contributed by atoms with E-state index in [1.807, 2.05) is 6.92 Å². The lowest BCUT2D eigenvalue weighted by Crippen LogP contribution is -2.20. The fourth-order valence-electron chi connectivity index (χ4n) is 2.45. The number of anilines is 2. The first-order valence-electron chi connectivity index (χ1n) is 8.56. The molecule has 0 saturated carbocycles. The normalized spacial score (nSPS) is 11.0. The maximum absolute atomic E-state index is 12.4. The zero-order valence-electron chi connectivity index (χ0n) is 15.4. The molecule has 0 bridgehead atoms. The fourth-order valence-corrected chi connectivity index (χ4v) is 3.69. The zero-order valence-corrected chi connectivity index (χ0v) is 17.0. The van der Waals surface area contributed by atoms with Crippen molar-refractivity contribution >= 4 is 39.0 Å². The van der Waals surface area contributed by atoms with Crippen LogP contribution in [0.2, 0.25) is 5.02 Å². The fraction of sp³-hybridized carbons (Fsp3) is 0.100. The van der Waals surface area contributed by atoms with Crippen molar-refractivity contribution in [2.75, 3.05) is 16.6 Å². The van der Waals surface area contributed by atoms with Gasteiger partial charge >= 0.3 is 0 Å². The number of carbonyl (C=O) groups excluding carboxylic acids is 1. The number of aromatic nitrogens is 1. The van der Waals surface area contributed by atoms with Crippen LogP contribution in [-0.4, -0.2) is 25.9 Å². The minimum Gasteiger partial charge on any atom is -0.483 e. The predicted octanol–water partition coefficient (Wildman–Crippen LogP) is 3.86. The van der Waals surface area contributed by atoms with Crippen molar-refractivity contribution in [2.24, 2.45) is 0 Å². The molecule has 3 rings (SSSR count). The number of halogens is 1. The number of ether oxygens (including phenoxy) is 1. The van der Waals surface area contributed by atoms with Crippen LogP contribution in [0.3, 0.4) is 0 Å². The Morgan fingerprint density at radius 3 is 2.52 bits per heavy atom. The minimum absolute atomic E-state index is 0.0502. The number of nitrogens with one attached hydrogen (secondary N) is 2. The molecule has 29 heavy (non-hydrogen) atoms. The Labute approximate surface area is 173 Å². The number of benzene rings is 2. The van der Waals surface area contributed by atoms with Crippen molar-refractivity contribution in [1.29, 1.82) is 0 Å². The van der Waals surface area contributed by atoms with Gasteiger partial charge in [-0.3, -0.25) is 9.52 Å². The molecule has 0 aliphatic heterocycles. The second kappa shape index (κ2) is 8.93. The summed E-state index contributed by atoms with van der Waals surface area (Å²) in [6.45, 7) is 1.64. The lowest BCUT2D eigenvalue weighted by atomic mass is 10.2. The summed E-state index contributed by atoms with van der Waals surface area (Å²) in [5, 5.41) is 3.24. The van der Waals surface area contributed by atoms with Gasteiger partial charge in [0.15, 0.2) is 6.61 Å². The Morgan fingerprint density at radius 2 is 1.86 bits per heavy atom. The maximum Gasteiger partial charge on any atom is 0.263 e. The first-order chi connectivity index (χ1) is 13.8. The molecule has 9 heteroatoms. The number of rotatable bonds is 7. The standard InChI is InChI=1S/C20H18ClN3O4S/c1-14-12-15(21)5-10-18(14)28-13-20(25)23-16-6-8-17(9-7-16)29(26,27)24-19-4-2-3-11-22-19/h2-12H,13H2,1H3,(H,22,24)(H,23,25). The number of sulfonamides is 1. The zero-order chi connectivity index (χ0) is 20.9. The third-order valence-corrected chi connectivity index (χ3v) is 5.45. The topological polar surface area (TPSA) is 97.4 Å². The number of hydrogen-bond acceptors (Lipinski definition) is 5. The molecular weight excluding hydrogens is 414 g/mol. The Morgan fingerprint density at radius 1 is 1.10 bits per heavy atom. The molecular formula is C20H18ClN3O4S. The van der Waals surface area contributed by atoms with Gasteiger partial charge in [0.25, 0.3) is 15.9 Å². The van der Waals surface area contributed by atoms with Crippen molar-refractivity contribution in [3.8, 4) is 5.75 Å². The Balaban J connectivity index is 1.59. The van der Waals surface area contributed by atoms with E-state index in [0.717, 1.165) is 5.56 Å². The molecule has 1 heterocycles. The average Bonchev–Trinajstić information content (AvgIpc) is 2.68. The van der Waals surface area contributed by atoms with Crippen LogP contribution < -0.4 is 14.8 Å². The van der Waals surface area contributed by atoms with Crippen LogP contribution in [-0.2, 0) is 14.8 Å². The van der Waals surface area contributed by atoms with Crippen LogP contribution in [0.1, 0.15) is 5.56 Å². The third kappa shape index (κ3) is 5.69. The molecule has 7 nitrogen and oxygen atoms in total. The van der Waals surface area contributed by atoms with Gasteiger partial charge in [-0.05, 0) is 67.1 Å². The SMILES string of the molecule is Cc1cc(Cl)ccc1OCC(=O)Nc1ccc(S(=O)(=O)Nc2ccccn2)cc1. The van der Waals surface area contributed by atoms with Gasteiger partial charge in [0, 0.05) is 16.9 Å². The highest BCUT2D eigenvalue weighted by Gasteiger charge is 2.15. The number of hydrogen-bond donors (Lipinski definition) is 2. The lowest BCUT2D eigenvalue weighted by molar-refractivity contribution is -0.118. The van der Waals surface area contributed by atoms with E-state index in [2.05, 4.69) is 15.0 Å². The summed E-state index contributed by atoms with van der Waals surface area (Å²) in [7, 11) is -3.77. The summed E-state index contributed by atoms with van der Waals surface area (Å²) >= 11 is 5.89.